The van der Waals surface area contributed by atoms with E-state index in [2.05, 4.69) is 0 Å². The molecule has 4 nitrogen and oxygen atoms in total. The zero-order valence-corrected chi connectivity index (χ0v) is 10.2. The third-order valence-electron chi connectivity index (χ3n) is 2.89. The van der Waals surface area contributed by atoms with E-state index in [1.54, 1.807) is 0 Å². The van der Waals surface area contributed by atoms with Crippen LogP contribution < -0.4 is 10.5 Å². The molecule has 0 radical (unpaired) electrons. The predicted molar refractivity (Wildman–Crippen MR) is 68.1 cm³/mol. The van der Waals surface area contributed by atoms with E-state index < -0.39 is 6.10 Å². The Kier molecular flexibility index (Phi) is 3.36. The smallest absolute Gasteiger partial charge is 0.120 e. The van der Waals surface area contributed by atoms with Gasteiger partial charge in [0.1, 0.15) is 5.75 Å². The Morgan fingerprint density at radius 3 is 2.88 bits per heavy atom. The Hall–Kier alpha value is -1.52. The van der Waals surface area contributed by atoms with Gasteiger partial charge in [0.2, 0.25) is 0 Å². The second-order valence-corrected chi connectivity index (χ2v) is 4.06. The number of nitrogens with zero attached hydrogens (tertiary/aromatic N) is 1. The van der Waals surface area contributed by atoms with Crippen molar-refractivity contribution in [2.24, 2.45) is 12.8 Å². The molecule has 0 aliphatic rings. The van der Waals surface area contributed by atoms with Gasteiger partial charge in [-0.3, -0.25) is 0 Å². The molecule has 0 bridgehead atoms. The van der Waals surface area contributed by atoms with Crippen LogP contribution in [-0.4, -0.2) is 22.8 Å². The Morgan fingerprint density at radius 2 is 2.24 bits per heavy atom. The number of hydrogen-bond acceptors (Lipinski definition) is 3. The van der Waals surface area contributed by atoms with Crippen LogP contribution in [0.3, 0.4) is 0 Å². The molecule has 0 amide bonds. The predicted octanol–water partition coefficient (Wildman–Crippen LogP) is 1.57. The largest absolute Gasteiger partial charge is 0.494 e. The molecule has 0 aliphatic heterocycles. The molecule has 92 valence electrons. The van der Waals surface area contributed by atoms with Crippen LogP contribution >= 0.6 is 0 Å². The van der Waals surface area contributed by atoms with E-state index >= 15 is 0 Å². The van der Waals surface area contributed by atoms with Crippen molar-refractivity contribution < 1.29 is 9.84 Å². The molecule has 1 heterocycles. The van der Waals surface area contributed by atoms with Crippen molar-refractivity contribution in [1.29, 1.82) is 0 Å². The normalized spacial score (nSPS) is 12.9. The molecule has 2 rings (SSSR count). The molecule has 1 atom stereocenters. The van der Waals surface area contributed by atoms with Crippen LogP contribution in [0.4, 0.5) is 0 Å². The van der Waals surface area contributed by atoms with Crippen molar-refractivity contribution in [3.8, 4) is 5.75 Å². The van der Waals surface area contributed by atoms with Crippen LogP contribution in [0.1, 0.15) is 18.6 Å². The van der Waals surface area contributed by atoms with Crippen molar-refractivity contribution >= 4 is 10.9 Å². The minimum atomic E-state index is -0.629. The van der Waals surface area contributed by atoms with Gasteiger partial charge < -0.3 is 20.1 Å². The van der Waals surface area contributed by atoms with Gasteiger partial charge in [-0.05, 0) is 25.1 Å². The number of aromatic nitrogens is 1. The zero-order valence-electron chi connectivity index (χ0n) is 10.2. The summed E-state index contributed by atoms with van der Waals surface area (Å²) in [5.41, 5.74) is 7.43. The van der Waals surface area contributed by atoms with Gasteiger partial charge in [0.15, 0.2) is 0 Å². The number of aryl methyl sites for hydroxylation is 1. The summed E-state index contributed by atoms with van der Waals surface area (Å²) in [4.78, 5) is 0. The fraction of sp³-hybridized carbons (Fsp3) is 0.385. The fourth-order valence-corrected chi connectivity index (χ4v) is 2.05. The molecular weight excluding hydrogens is 216 g/mol. The maximum atomic E-state index is 9.88. The maximum absolute atomic E-state index is 9.88. The molecule has 3 N–H and O–H groups in total. The third-order valence-corrected chi connectivity index (χ3v) is 2.89. The summed E-state index contributed by atoms with van der Waals surface area (Å²) in [6.45, 7) is 2.80. The SMILES string of the molecule is CCOc1ccc2c(c1)c(C(O)CN)cn2C. The Bertz CT molecular complexity index is 519. The monoisotopic (exact) mass is 234 g/mol. The average Bonchev–Trinajstić information content (AvgIpc) is 2.66. The minimum Gasteiger partial charge on any atom is -0.494 e. The summed E-state index contributed by atoms with van der Waals surface area (Å²) >= 11 is 0. The molecule has 0 fully saturated rings. The second kappa shape index (κ2) is 4.77. The summed E-state index contributed by atoms with van der Waals surface area (Å²) in [6.07, 6.45) is 1.29. The first-order valence-corrected chi connectivity index (χ1v) is 5.77. The third kappa shape index (κ3) is 2.14. The van der Waals surface area contributed by atoms with E-state index in [9.17, 15) is 5.11 Å². The van der Waals surface area contributed by atoms with E-state index in [0.29, 0.717) is 6.61 Å². The van der Waals surface area contributed by atoms with E-state index in [4.69, 9.17) is 10.5 Å². The first-order valence-electron chi connectivity index (χ1n) is 5.77. The van der Waals surface area contributed by atoms with E-state index in [1.807, 2.05) is 42.9 Å². The summed E-state index contributed by atoms with van der Waals surface area (Å²) in [7, 11) is 1.95. The van der Waals surface area contributed by atoms with Gasteiger partial charge in [0.05, 0.1) is 12.7 Å². The highest BCUT2D eigenvalue weighted by Gasteiger charge is 2.13. The lowest BCUT2D eigenvalue weighted by molar-refractivity contribution is 0.188. The topological polar surface area (TPSA) is 60.4 Å². The fourth-order valence-electron chi connectivity index (χ4n) is 2.05. The average molecular weight is 234 g/mol. The van der Waals surface area contributed by atoms with E-state index in [0.717, 1.165) is 22.2 Å². The number of fused-ring (bicyclic) bond motifs is 1. The number of nitrogens with two attached hydrogens (primary N) is 1. The summed E-state index contributed by atoms with van der Waals surface area (Å²) in [5, 5.41) is 10.9. The van der Waals surface area contributed by atoms with Crippen molar-refractivity contribution in [3.63, 3.8) is 0 Å². The van der Waals surface area contributed by atoms with Crippen molar-refractivity contribution in [3.05, 3.63) is 30.0 Å². The van der Waals surface area contributed by atoms with Crippen LogP contribution in [0.2, 0.25) is 0 Å². The van der Waals surface area contributed by atoms with Crippen LogP contribution in [0.25, 0.3) is 10.9 Å². The number of aliphatic hydroxyl groups is 1. The first-order chi connectivity index (χ1) is 8.17. The van der Waals surface area contributed by atoms with Crippen molar-refractivity contribution in [1.82, 2.24) is 4.57 Å². The molecule has 1 unspecified atom stereocenters. The zero-order chi connectivity index (χ0) is 12.4. The lowest BCUT2D eigenvalue weighted by atomic mass is 10.1. The number of ether oxygens (including phenoxy) is 1. The minimum absolute atomic E-state index is 0.220. The van der Waals surface area contributed by atoms with Crippen LogP contribution in [0.5, 0.6) is 5.75 Å². The van der Waals surface area contributed by atoms with Crippen molar-refractivity contribution in [2.75, 3.05) is 13.2 Å². The highest BCUT2D eigenvalue weighted by Crippen LogP contribution is 2.29. The maximum Gasteiger partial charge on any atom is 0.120 e. The Balaban J connectivity index is 2.56. The highest BCUT2D eigenvalue weighted by atomic mass is 16.5. The number of hydrogen-bond donors (Lipinski definition) is 2. The van der Waals surface area contributed by atoms with Crippen LogP contribution in [0, 0.1) is 0 Å². The first kappa shape index (κ1) is 12.0. The molecule has 1 aromatic carbocycles. The van der Waals surface area contributed by atoms with E-state index in [-0.39, 0.29) is 6.54 Å². The van der Waals surface area contributed by atoms with Gasteiger partial charge in [0, 0.05) is 36.3 Å². The standard InChI is InChI=1S/C13H18N2O2/c1-3-17-9-4-5-12-10(6-9)11(8-15(12)2)13(16)7-14/h4-6,8,13,16H,3,7,14H2,1-2H3. The highest BCUT2D eigenvalue weighted by molar-refractivity contribution is 5.85. The van der Waals surface area contributed by atoms with Gasteiger partial charge in [-0.15, -0.1) is 0 Å². The Labute approximate surface area is 101 Å². The molecule has 1 aromatic heterocycles. The van der Waals surface area contributed by atoms with Gasteiger partial charge >= 0.3 is 0 Å². The summed E-state index contributed by atoms with van der Waals surface area (Å²) in [5.74, 6) is 0.816. The molecule has 0 saturated carbocycles. The number of benzene rings is 1. The van der Waals surface area contributed by atoms with Gasteiger partial charge in [0.25, 0.3) is 0 Å². The van der Waals surface area contributed by atoms with Gasteiger partial charge in [-0.25, -0.2) is 0 Å². The Morgan fingerprint density at radius 1 is 1.47 bits per heavy atom. The molecule has 4 heteroatoms. The second-order valence-electron chi connectivity index (χ2n) is 4.06. The molecule has 0 spiro atoms. The van der Waals surface area contributed by atoms with Crippen LogP contribution in [0.15, 0.2) is 24.4 Å². The molecule has 2 aromatic rings. The van der Waals surface area contributed by atoms with Crippen LogP contribution in [-0.2, 0) is 7.05 Å². The van der Waals surface area contributed by atoms with Crippen molar-refractivity contribution in [2.45, 2.75) is 13.0 Å². The molecule has 17 heavy (non-hydrogen) atoms. The summed E-state index contributed by atoms with van der Waals surface area (Å²) in [6, 6.07) is 5.88. The molecule has 0 saturated heterocycles. The quantitative estimate of drug-likeness (QED) is 0.844. The van der Waals surface area contributed by atoms with Gasteiger partial charge in [-0.2, -0.15) is 0 Å². The van der Waals surface area contributed by atoms with Gasteiger partial charge in [-0.1, -0.05) is 0 Å². The summed E-state index contributed by atoms with van der Waals surface area (Å²) < 4.78 is 7.45. The molecule has 0 aliphatic carbocycles. The lowest BCUT2D eigenvalue weighted by Gasteiger charge is -2.07. The number of rotatable bonds is 4. The lowest BCUT2D eigenvalue weighted by Crippen LogP contribution is -2.11. The van der Waals surface area contributed by atoms with E-state index in [1.165, 1.54) is 0 Å². The number of aliphatic hydroxyl groups excluding tert-OH is 1. The molecular formula is C13H18N2O2.